The van der Waals surface area contributed by atoms with E-state index >= 15 is 0 Å². The summed E-state index contributed by atoms with van der Waals surface area (Å²) in [5.74, 6) is 0. The van der Waals surface area contributed by atoms with Gasteiger partial charge >= 0.3 is 12.4 Å². The number of rotatable bonds is 1. The quantitative estimate of drug-likeness (QED) is 0.745. The third kappa shape index (κ3) is 3.40. The number of aromatic amines is 1. The smallest absolute Gasteiger partial charge is 0.326 e. The molecule has 3 nitrogen and oxygen atoms in total. The maximum Gasteiger partial charge on any atom is 0.418 e. The second kappa shape index (κ2) is 5.89. The van der Waals surface area contributed by atoms with Crippen LogP contribution in [0.4, 0.5) is 26.3 Å². The number of hydrogen-bond donors (Lipinski definition) is 1. The lowest BCUT2D eigenvalue weighted by molar-refractivity contribution is -0.139. The Labute approximate surface area is 138 Å². The minimum absolute atomic E-state index is 0.260. The van der Waals surface area contributed by atoms with E-state index in [-0.39, 0.29) is 16.8 Å². The fourth-order valence-corrected chi connectivity index (χ4v) is 2.88. The van der Waals surface area contributed by atoms with Crippen molar-refractivity contribution in [3.8, 4) is 11.3 Å². The minimum atomic E-state index is -4.80. The molecule has 2 aromatic heterocycles. The van der Waals surface area contributed by atoms with Gasteiger partial charge in [0.15, 0.2) is 0 Å². The SMILES string of the molecule is Cc1cc(-c2c(C(F)(F)F)c(C)[nH]c(=O)c2C)nc(C)c1C(F)(F)F. The Hall–Kier alpha value is -2.32. The Morgan fingerprint density at radius 1 is 0.920 bits per heavy atom. The summed E-state index contributed by atoms with van der Waals surface area (Å²) in [6, 6.07) is 0.923. The number of halogens is 6. The summed E-state index contributed by atoms with van der Waals surface area (Å²) >= 11 is 0. The predicted octanol–water partition coefficient (Wildman–Crippen LogP) is 4.71. The molecule has 2 heterocycles. The first kappa shape index (κ1) is 19.0. The zero-order valence-corrected chi connectivity index (χ0v) is 13.7. The summed E-state index contributed by atoms with van der Waals surface area (Å²) in [4.78, 5) is 17.7. The van der Waals surface area contributed by atoms with Crippen molar-refractivity contribution in [2.45, 2.75) is 40.0 Å². The average Bonchev–Trinajstić information content (AvgIpc) is 2.38. The number of alkyl halides is 6. The molecule has 0 saturated carbocycles. The highest BCUT2D eigenvalue weighted by Crippen LogP contribution is 2.41. The summed E-state index contributed by atoms with van der Waals surface area (Å²) in [5, 5.41) is 0. The van der Waals surface area contributed by atoms with Crippen molar-refractivity contribution < 1.29 is 26.3 Å². The molecule has 0 aliphatic carbocycles. The summed E-state index contributed by atoms with van der Waals surface area (Å²) in [7, 11) is 0. The van der Waals surface area contributed by atoms with Crippen LogP contribution < -0.4 is 5.56 Å². The molecule has 0 saturated heterocycles. The molecule has 9 heteroatoms. The largest absolute Gasteiger partial charge is 0.418 e. The molecular weight excluding hydrogens is 350 g/mol. The van der Waals surface area contributed by atoms with E-state index in [0.717, 1.165) is 26.8 Å². The molecule has 2 aromatic rings. The van der Waals surface area contributed by atoms with Crippen molar-refractivity contribution in [3.05, 3.63) is 50.1 Å². The molecular formula is C16H14F6N2O. The van der Waals surface area contributed by atoms with Crippen molar-refractivity contribution in [3.63, 3.8) is 0 Å². The molecule has 136 valence electrons. The standard InChI is InChI=1S/C16H14F6N2O/c1-6-5-10(23-8(3)12(6)15(17,18)19)11-7(2)14(25)24-9(4)13(11)16(20,21)22/h5H,1-4H3,(H,24,25). The van der Waals surface area contributed by atoms with Crippen molar-refractivity contribution in [1.82, 2.24) is 9.97 Å². The molecule has 0 atom stereocenters. The minimum Gasteiger partial charge on any atom is -0.326 e. The lowest BCUT2D eigenvalue weighted by atomic mass is 9.95. The molecule has 0 unspecified atom stereocenters. The highest BCUT2D eigenvalue weighted by molar-refractivity contribution is 5.70. The maximum atomic E-state index is 13.4. The fourth-order valence-electron chi connectivity index (χ4n) is 2.88. The fraction of sp³-hybridized carbons (Fsp3) is 0.375. The second-order valence-electron chi connectivity index (χ2n) is 5.73. The number of aryl methyl sites for hydroxylation is 3. The highest BCUT2D eigenvalue weighted by atomic mass is 19.4. The molecule has 0 aliphatic rings. The van der Waals surface area contributed by atoms with Gasteiger partial charge in [-0.25, -0.2) is 0 Å². The third-order valence-electron chi connectivity index (χ3n) is 3.86. The Morgan fingerprint density at radius 2 is 1.44 bits per heavy atom. The van der Waals surface area contributed by atoms with E-state index in [2.05, 4.69) is 9.97 Å². The first-order chi connectivity index (χ1) is 11.2. The predicted molar refractivity (Wildman–Crippen MR) is 79.2 cm³/mol. The van der Waals surface area contributed by atoms with Crippen molar-refractivity contribution in [2.75, 3.05) is 0 Å². The molecule has 0 radical (unpaired) electrons. The molecule has 0 aliphatic heterocycles. The number of nitrogens with zero attached hydrogens (tertiary/aromatic N) is 1. The first-order valence-corrected chi connectivity index (χ1v) is 7.11. The van der Waals surface area contributed by atoms with Crippen LogP contribution in [0.2, 0.25) is 0 Å². The van der Waals surface area contributed by atoms with Gasteiger partial charge in [-0.15, -0.1) is 0 Å². The second-order valence-corrected chi connectivity index (χ2v) is 5.73. The van der Waals surface area contributed by atoms with Crippen molar-refractivity contribution >= 4 is 0 Å². The van der Waals surface area contributed by atoms with Gasteiger partial charge in [-0.05, 0) is 39.3 Å². The normalized spacial score (nSPS) is 12.6. The third-order valence-corrected chi connectivity index (χ3v) is 3.86. The van der Waals surface area contributed by atoms with Crippen LogP contribution in [0.25, 0.3) is 11.3 Å². The lowest BCUT2D eigenvalue weighted by Crippen LogP contribution is -2.21. The van der Waals surface area contributed by atoms with Crippen LogP contribution in [0, 0.1) is 27.7 Å². The molecule has 25 heavy (non-hydrogen) atoms. The summed E-state index contributed by atoms with van der Waals surface area (Å²) in [6.45, 7) is 4.47. The summed E-state index contributed by atoms with van der Waals surface area (Å²) in [5.41, 5.74) is -5.08. The van der Waals surface area contributed by atoms with Crippen LogP contribution in [0.1, 0.15) is 33.6 Å². The van der Waals surface area contributed by atoms with E-state index in [1.54, 1.807) is 0 Å². The zero-order valence-electron chi connectivity index (χ0n) is 13.7. The van der Waals surface area contributed by atoms with Gasteiger partial charge in [-0.3, -0.25) is 9.78 Å². The van der Waals surface area contributed by atoms with E-state index in [1.165, 1.54) is 6.92 Å². The zero-order chi connectivity index (χ0) is 19.3. The molecule has 0 spiro atoms. The highest BCUT2D eigenvalue weighted by Gasteiger charge is 2.39. The Bertz CT molecular complexity index is 870. The first-order valence-electron chi connectivity index (χ1n) is 7.11. The van der Waals surface area contributed by atoms with E-state index in [0.29, 0.717) is 0 Å². The average molecular weight is 364 g/mol. The van der Waals surface area contributed by atoms with E-state index in [9.17, 15) is 31.1 Å². The molecule has 0 fully saturated rings. The van der Waals surface area contributed by atoms with Gasteiger partial charge < -0.3 is 4.98 Å². The van der Waals surface area contributed by atoms with Crippen LogP contribution in [0.5, 0.6) is 0 Å². The number of H-pyrrole nitrogens is 1. The van der Waals surface area contributed by atoms with Crippen LogP contribution >= 0.6 is 0 Å². The van der Waals surface area contributed by atoms with Gasteiger partial charge in [-0.2, -0.15) is 26.3 Å². The number of pyridine rings is 2. The molecule has 0 aromatic carbocycles. The molecule has 0 amide bonds. The van der Waals surface area contributed by atoms with Crippen LogP contribution in [0.15, 0.2) is 10.9 Å². The van der Waals surface area contributed by atoms with Crippen LogP contribution in [0.3, 0.4) is 0 Å². The van der Waals surface area contributed by atoms with Gasteiger partial charge in [0.2, 0.25) is 0 Å². The van der Waals surface area contributed by atoms with E-state index in [4.69, 9.17) is 0 Å². The topological polar surface area (TPSA) is 45.8 Å². The Kier molecular flexibility index (Phi) is 4.48. The summed E-state index contributed by atoms with van der Waals surface area (Å²) in [6.07, 6.45) is -9.48. The van der Waals surface area contributed by atoms with E-state index in [1.807, 2.05) is 0 Å². The van der Waals surface area contributed by atoms with Crippen LogP contribution in [-0.2, 0) is 12.4 Å². The lowest BCUT2D eigenvalue weighted by Gasteiger charge is -2.19. The van der Waals surface area contributed by atoms with Crippen molar-refractivity contribution in [1.29, 1.82) is 0 Å². The van der Waals surface area contributed by atoms with Gasteiger partial charge in [0.25, 0.3) is 5.56 Å². The van der Waals surface area contributed by atoms with Crippen molar-refractivity contribution in [2.24, 2.45) is 0 Å². The number of aromatic nitrogens is 2. The van der Waals surface area contributed by atoms with E-state index < -0.39 is 46.0 Å². The van der Waals surface area contributed by atoms with Crippen LogP contribution in [-0.4, -0.2) is 9.97 Å². The van der Waals surface area contributed by atoms with Gasteiger partial charge in [-0.1, -0.05) is 0 Å². The monoisotopic (exact) mass is 364 g/mol. The van der Waals surface area contributed by atoms with Gasteiger partial charge in [0, 0.05) is 16.8 Å². The summed E-state index contributed by atoms with van der Waals surface area (Å²) < 4.78 is 79.5. The molecule has 2 rings (SSSR count). The Morgan fingerprint density at radius 3 is 1.88 bits per heavy atom. The number of nitrogens with one attached hydrogen (secondary N) is 1. The molecule has 1 N–H and O–H groups in total. The Balaban J connectivity index is 2.91. The van der Waals surface area contributed by atoms with Gasteiger partial charge in [0.1, 0.15) is 0 Å². The van der Waals surface area contributed by atoms with Gasteiger partial charge in [0.05, 0.1) is 22.5 Å². The molecule has 0 bridgehead atoms. The maximum absolute atomic E-state index is 13.4. The number of hydrogen-bond acceptors (Lipinski definition) is 2.